The number of aryl methyl sites for hydroxylation is 6. The zero-order valence-corrected chi connectivity index (χ0v) is 38.9. The van der Waals surface area contributed by atoms with Gasteiger partial charge >= 0.3 is 20.1 Å². The largest absolute Gasteiger partial charge is 3.00 e. The second-order valence-corrected chi connectivity index (χ2v) is 16.6. The minimum absolute atomic E-state index is 0. The summed E-state index contributed by atoms with van der Waals surface area (Å²) in [6.07, 6.45) is -14.9. The maximum absolute atomic E-state index is 16.0. The zero-order valence-electron chi connectivity index (χ0n) is 49.5. The molecule has 0 bridgehead atoms. The van der Waals surface area contributed by atoms with Crippen molar-refractivity contribution in [2.75, 3.05) is 0 Å². The zero-order chi connectivity index (χ0) is 56.7. The predicted octanol–water partition coefficient (Wildman–Crippen LogP) is 14.6. The van der Waals surface area contributed by atoms with Crippen LogP contribution < -0.4 is 0 Å². The Bertz CT molecular complexity index is 3770. The van der Waals surface area contributed by atoms with E-state index in [0.29, 0.717) is 44.4 Å². The van der Waals surface area contributed by atoms with Gasteiger partial charge in [0.15, 0.2) is 0 Å². The fourth-order valence-electron chi connectivity index (χ4n) is 7.56. The summed E-state index contributed by atoms with van der Waals surface area (Å²) >= 11 is 0. The summed E-state index contributed by atoms with van der Waals surface area (Å²) in [6.45, 7) is 6.20. The maximum Gasteiger partial charge on any atom is 3.00 e. The van der Waals surface area contributed by atoms with Gasteiger partial charge in [0, 0.05) is 40.4 Å². The summed E-state index contributed by atoms with van der Waals surface area (Å²) < 4.78 is 144. The molecule has 0 unspecified atom stereocenters. The molecule has 0 atom stereocenters. The first-order valence-corrected chi connectivity index (χ1v) is 21.3. The minimum Gasteiger partial charge on any atom is -0.500 e. The quantitative estimate of drug-likeness (QED) is 0.108. The number of hydrogen-bond acceptors (Lipinski definition) is 4. The normalized spacial score (nSPS) is 15.7. The molecule has 0 aliphatic heterocycles. The van der Waals surface area contributed by atoms with E-state index in [9.17, 15) is 16.4 Å². The molecule has 330 valence electrons. The summed E-state index contributed by atoms with van der Waals surface area (Å²) in [7, 11) is 0. The van der Waals surface area contributed by atoms with Crippen molar-refractivity contribution in [1.29, 1.82) is 0 Å². The van der Waals surface area contributed by atoms with Crippen LogP contribution in [0.3, 0.4) is 0 Å². The van der Waals surface area contributed by atoms with Crippen LogP contribution in [0, 0.1) is 24.0 Å². The van der Waals surface area contributed by atoms with E-state index in [1.54, 1.807) is 72.8 Å². The molecule has 4 nitrogen and oxygen atoms in total. The third-order valence-corrected chi connectivity index (χ3v) is 11.0. The Morgan fingerprint density at radius 1 is 0.537 bits per heavy atom. The third kappa shape index (κ3) is 10.3. The van der Waals surface area contributed by atoms with Crippen molar-refractivity contribution >= 4 is 21.9 Å². The number of benzene rings is 6. The first-order valence-electron chi connectivity index (χ1n) is 27.8. The van der Waals surface area contributed by atoms with Gasteiger partial charge in [0.2, 0.25) is 0 Å². The number of rotatable bonds is 13. The summed E-state index contributed by atoms with van der Waals surface area (Å²) in [5.74, 6) is -0.767. The van der Waals surface area contributed by atoms with Gasteiger partial charge in [-0.05, 0) is 117 Å². The minimum atomic E-state index is -3.18. The molecule has 67 heavy (non-hydrogen) atoms. The van der Waals surface area contributed by atoms with Crippen molar-refractivity contribution in [1.82, 2.24) is 15.0 Å². The molecule has 0 N–H and O–H groups in total. The van der Waals surface area contributed by atoms with Crippen LogP contribution in [0.5, 0.6) is 0 Å². The molecule has 4 aromatic heterocycles. The molecule has 10 aromatic rings. The van der Waals surface area contributed by atoms with Crippen LogP contribution in [-0.2, 0) is 63.8 Å². The van der Waals surface area contributed by atoms with E-state index < -0.39 is 60.7 Å². The molecule has 0 spiro atoms. The molecule has 0 fully saturated rings. The van der Waals surface area contributed by atoms with Gasteiger partial charge in [-0.2, -0.15) is 0 Å². The second kappa shape index (κ2) is 19.9. The molecule has 10 rings (SSSR count). The molecule has 0 aliphatic rings. The summed E-state index contributed by atoms with van der Waals surface area (Å²) in [5, 5.41) is 1.00. The first kappa shape index (κ1) is 32.0. The van der Waals surface area contributed by atoms with Gasteiger partial charge in [0.1, 0.15) is 11.4 Å². The van der Waals surface area contributed by atoms with Crippen LogP contribution in [0.25, 0.3) is 66.8 Å². The van der Waals surface area contributed by atoms with Gasteiger partial charge in [-0.15, -0.1) is 90.0 Å². The van der Waals surface area contributed by atoms with E-state index in [2.05, 4.69) is 53.9 Å². The number of pyridine rings is 3. The van der Waals surface area contributed by atoms with E-state index >= 15 is 4.39 Å². The molecule has 0 amide bonds. The summed E-state index contributed by atoms with van der Waals surface area (Å²) in [5.41, 5.74) is 1.94. The van der Waals surface area contributed by atoms with Crippen molar-refractivity contribution in [3.63, 3.8) is 0 Å². The van der Waals surface area contributed by atoms with Crippen LogP contribution in [0.2, 0.25) is 0 Å². The van der Waals surface area contributed by atoms with Crippen molar-refractivity contribution in [3.8, 4) is 44.9 Å². The van der Waals surface area contributed by atoms with Gasteiger partial charge in [-0.1, -0.05) is 111 Å². The number of aromatic nitrogens is 3. The van der Waals surface area contributed by atoms with E-state index in [1.807, 2.05) is 12.1 Å². The average Bonchev–Trinajstić information content (AvgIpc) is 3.86. The molecular formula is C61H49FIrN3O. The SMILES string of the molecule is [2H]c1cc2c(oc3c(-c4ccc(C([2H])([2H])C([2H])([2H])c5cc(C([2H])([2H])C([2H])([2H])c6ccc(-c7[c-]cccc7)nc6)cc(C([2H])([2H])C([2H])([2H])c6ccc(-c7[c-]cccc7)nc6)c5)cn4)[c-]ccc32)c(-c2ccc(C(C)(C)C)cc2)c1F.[Ir+3]. The summed E-state index contributed by atoms with van der Waals surface area (Å²) in [4.78, 5) is 13.3. The van der Waals surface area contributed by atoms with Crippen LogP contribution in [0.1, 0.15) is 77.5 Å². The van der Waals surface area contributed by atoms with Crippen molar-refractivity contribution in [2.24, 2.45) is 0 Å². The Labute approximate surface area is 424 Å². The van der Waals surface area contributed by atoms with Crippen LogP contribution in [0.15, 0.2) is 175 Å². The third-order valence-electron chi connectivity index (χ3n) is 11.0. The first-order chi connectivity index (χ1) is 37.2. The Hall–Kier alpha value is -6.85. The monoisotopic (exact) mass is 1060 g/mol. The standard InChI is InChI=1S/C61H49FN3O.Ir/c1-61(2,3)50-28-26-49(27-29-50)58-54(62)31-30-52-51-15-10-16-53(59(51)66-60(52)58)57-34-25-43(40-65-57)19-22-46-36-44(20-17-41-23-32-55(63-38-41)47-11-6-4-7-12-47)35-45(37-46)21-18-42-24-33-56(64-39-42)48-13-8-5-9-14-48;/h4-11,13,15,23-40H,17-22H2,1-3H3;/q-3;+3/i17D2,18D2,19D2,20D2,21D2,22D2,31D;. The topological polar surface area (TPSA) is 51.8 Å². The molecular weight excluding hydrogens is 1000 g/mol. The van der Waals surface area contributed by atoms with Gasteiger partial charge in [0.25, 0.3) is 0 Å². The van der Waals surface area contributed by atoms with Crippen molar-refractivity contribution in [2.45, 2.75) is 64.4 Å². The van der Waals surface area contributed by atoms with Gasteiger partial charge < -0.3 is 19.4 Å². The molecule has 0 aliphatic carbocycles. The summed E-state index contributed by atoms with van der Waals surface area (Å²) in [6, 6.07) is 46.2. The van der Waals surface area contributed by atoms with Crippen molar-refractivity contribution in [3.05, 3.63) is 233 Å². The van der Waals surface area contributed by atoms with Crippen molar-refractivity contribution < 1.29 is 46.7 Å². The molecule has 4 heterocycles. The predicted molar refractivity (Wildman–Crippen MR) is 266 cm³/mol. The van der Waals surface area contributed by atoms with Crippen LogP contribution in [0.4, 0.5) is 4.39 Å². The van der Waals surface area contributed by atoms with Gasteiger partial charge in [-0.25, -0.2) is 4.39 Å². The Kier molecular flexibility index (Phi) is 9.51. The number of nitrogens with zero attached hydrogens (tertiary/aromatic N) is 3. The number of hydrogen-bond donors (Lipinski definition) is 0. The fourth-order valence-corrected chi connectivity index (χ4v) is 7.56. The van der Waals surface area contributed by atoms with E-state index in [-0.39, 0.29) is 70.7 Å². The fraction of sp³-hybridized carbons (Fsp3) is 0.164. The Morgan fingerprint density at radius 2 is 1.03 bits per heavy atom. The van der Waals surface area contributed by atoms with Gasteiger partial charge in [0.05, 0.1) is 12.5 Å². The van der Waals surface area contributed by atoms with E-state index in [4.69, 9.17) is 5.79 Å². The smallest absolute Gasteiger partial charge is 0.500 e. The van der Waals surface area contributed by atoms with Gasteiger partial charge in [-0.3, -0.25) is 0 Å². The second-order valence-electron chi connectivity index (χ2n) is 16.6. The average molecular weight is 1060 g/mol. The van der Waals surface area contributed by atoms with Crippen LogP contribution >= 0.6 is 0 Å². The van der Waals surface area contributed by atoms with E-state index in [1.165, 1.54) is 54.9 Å². The Morgan fingerprint density at radius 3 is 1.49 bits per heavy atom. The Balaban J connectivity index is 0.00000774. The number of halogens is 1. The maximum atomic E-state index is 16.0. The molecule has 6 heteroatoms. The molecule has 0 radical (unpaired) electrons. The molecule has 0 saturated heterocycles. The molecule has 0 saturated carbocycles. The van der Waals surface area contributed by atoms with E-state index in [0.717, 1.165) is 30.0 Å². The van der Waals surface area contributed by atoms with Crippen LogP contribution in [-0.4, -0.2) is 15.0 Å². The molecule has 6 aromatic carbocycles. The number of furan rings is 1. The number of fused-ring (bicyclic) bond motifs is 3.